The molecule has 0 amide bonds. The van der Waals surface area contributed by atoms with Gasteiger partial charge in [0.05, 0.1) is 23.4 Å². The molecule has 0 saturated heterocycles. The lowest BCUT2D eigenvalue weighted by Crippen LogP contribution is -2.04. The van der Waals surface area contributed by atoms with E-state index in [-0.39, 0.29) is 5.97 Å². The number of fused-ring (bicyclic) bond motifs is 1. The fraction of sp³-hybridized carbons (Fsp3) is 0.176. The van der Waals surface area contributed by atoms with Crippen LogP contribution in [-0.4, -0.2) is 22.2 Å². The molecule has 0 N–H and O–H groups in total. The summed E-state index contributed by atoms with van der Waals surface area (Å²) in [5.41, 5.74) is 4.15. The minimum Gasteiger partial charge on any atom is -0.462 e. The molecule has 0 aliphatic carbocycles. The zero-order valence-electron chi connectivity index (χ0n) is 12.0. The Hall–Kier alpha value is -2.62. The predicted molar refractivity (Wildman–Crippen MR) is 81.3 cm³/mol. The molecule has 2 aromatic heterocycles. The Kier molecular flexibility index (Phi) is 3.44. The third kappa shape index (κ3) is 2.40. The standard InChI is InChI=1S/C17H16N2O2/c1-3-21-17(20)14-11-12(2)19-16(14)10-9-15(18-19)13-7-5-4-6-8-13/h4-11H,3H2,1-2H3. The zero-order valence-corrected chi connectivity index (χ0v) is 12.0. The number of hydrogen-bond donors (Lipinski definition) is 0. The van der Waals surface area contributed by atoms with Gasteiger partial charge in [-0.1, -0.05) is 30.3 Å². The first kappa shape index (κ1) is 13.4. The molecule has 0 aliphatic heterocycles. The number of esters is 1. The van der Waals surface area contributed by atoms with Crippen LogP contribution >= 0.6 is 0 Å². The van der Waals surface area contributed by atoms with Crippen LogP contribution in [0.2, 0.25) is 0 Å². The quantitative estimate of drug-likeness (QED) is 0.690. The highest BCUT2D eigenvalue weighted by Crippen LogP contribution is 2.21. The van der Waals surface area contributed by atoms with E-state index in [1.165, 1.54) is 0 Å². The van der Waals surface area contributed by atoms with Gasteiger partial charge in [0.1, 0.15) is 0 Å². The Balaban J connectivity index is 2.11. The van der Waals surface area contributed by atoms with E-state index < -0.39 is 0 Å². The van der Waals surface area contributed by atoms with Crippen molar-refractivity contribution in [3.05, 3.63) is 59.8 Å². The van der Waals surface area contributed by atoms with E-state index in [0.717, 1.165) is 22.5 Å². The van der Waals surface area contributed by atoms with Gasteiger partial charge in [0.2, 0.25) is 0 Å². The van der Waals surface area contributed by atoms with Gasteiger partial charge in [0.25, 0.3) is 0 Å². The van der Waals surface area contributed by atoms with Gasteiger partial charge in [0.15, 0.2) is 0 Å². The lowest BCUT2D eigenvalue weighted by atomic mass is 10.1. The number of hydrogen-bond acceptors (Lipinski definition) is 3. The molecular formula is C17H16N2O2. The van der Waals surface area contributed by atoms with E-state index >= 15 is 0 Å². The summed E-state index contributed by atoms with van der Waals surface area (Å²) < 4.78 is 6.87. The van der Waals surface area contributed by atoms with Crippen molar-refractivity contribution >= 4 is 11.5 Å². The molecule has 2 heterocycles. The van der Waals surface area contributed by atoms with Gasteiger partial charge in [-0.2, -0.15) is 5.10 Å². The molecule has 0 fully saturated rings. The fourth-order valence-corrected chi connectivity index (χ4v) is 2.38. The van der Waals surface area contributed by atoms with Crippen LogP contribution in [0.1, 0.15) is 23.0 Å². The second-order valence-corrected chi connectivity index (χ2v) is 4.80. The number of ether oxygens (including phenoxy) is 1. The SMILES string of the molecule is CCOC(=O)c1cc(C)n2nc(-c3ccccc3)ccc12. The maximum atomic E-state index is 12.0. The molecule has 0 radical (unpaired) electrons. The minimum atomic E-state index is -0.308. The summed E-state index contributed by atoms with van der Waals surface area (Å²) in [6.45, 7) is 4.09. The minimum absolute atomic E-state index is 0.308. The van der Waals surface area contributed by atoms with Gasteiger partial charge in [-0.05, 0) is 32.0 Å². The Morgan fingerprint density at radius 3 is 2.67 bits per heavy atom. The van der Waals surface area contributed by atoms with Gasteiger partial charge in [-0.25, -0.2) is 9.31 Å². The summed E-state index contributed by atoms with van der Waals surface area (Å²) in [5, 5.41) is 4.62. The first-order valence-corrected chi connectivity index (χ1v) is 6.92. The van der Waals surface area contributed by atoms with Crippen LogP contribution in [0.4, 0.5) is 0 Å². The number of benzene rings is 1. The first-order chi connectivity index (χ1) is 10.2. The van der Waals surface area contributed by atoms with E-state index in [1.54, 1.807) is 11.4 Å². The molecule has 0 aliphatic rings. The van der Waals surface area contributed by atoms with Crippen molar-refractivity contribution in [3.8, 4) is 11.3 Å². The molecule has 3 rings (SSSR count). The Morgan fingerprint density at radius 1 is 1.19 bits per heavy atom. The molecule has 0 spiro atoms. The van der Waals surface area contributed by atoms with Crippen molar-refractivity contribution in [1.29, 1.82) is 0 Å². The van der Waals surface area contributed by atoms with E-state index in [4.69, 9.17) is 4.74 Å². The van der Waals surface area contributed by atoms with E-state index in [2.05, 4.69) is 5.10 Å². The van der Waals surface area contributed by atoms with Gasteiger partial charge < -0.3 is 4.74 Å². The number of nitrogens with zero attached hydrogens (tertiary/aromatic N) is 2. The van der Waals surface area contributed by atoms with Crippen LogP contribution in [0.5, 0.6) is 0 Å². The zero-order chi connectivity index (χ0) is 14.8. The predicted octanol–water partition coefficient (Wildman–Crippen LogP) is 3.49. The van der Waals surface area contributed by atoms with Crippen LogP contribution < -0.4 is 0 Å². The molecule has 21 heavy (non-hydrogen) atoms. The van der Waals surface area contributed by atoms with Gasteiger partial charge >= 0.3 is 5.97 Å². The molecule has 4 heteroatoms. The summed E-state index contributed by atoms with van der Waals surface area (Å²) in [7, 11) is 0. The number of carbonyl (C=O) groups is 1. The van der Waals surface area contributed by atoms with Gasteiger partial charge in [-0.15, -0.1) is 0 Å². The maximum absolute atomic E-state index is 12.0. The summed E-state index contributed by atoms with van der Waals surface area (Å²) >= 11 is 0. The van der Waals surface area contributed by atoms with Crippen molar-refractivity contribution in [2.24, 2.45) is 0 Å². The molecule has 0 bridgehead atoms. The second kappa shape index (κ2) is 5.40. The highest BCUT2D eigenvalue weighted by atomic mass is 16.5. The fourth-order valence-electron chi connectivity index (χ4n) is 2.38. The second-order valence-electron chi connectivity index (χ2n) is 4.80. The summed E-state index contributed by atoms with van der Waals surface area (Å²) in [4.78, 5) is 12.0. The number of aromatic nitrogens is 2. The first-order valence-electron chi connectivity index (χ1n) is 6.92. The summed E-state index contributed by atoms with van der Waals surface area (Å²) in [6, 6.07) is 15.6. The highest BCUT2D eigenvalue weighted by Gasteiger charge is 2.16. The van der Waals surface area contributed by atoms with Crippen molar-refractivity contribution in [2.75, 3.05) is 6.61 Å². The van der Waals surface area contributed by atoms with Crippen LogP contribution in [0.3, 0.4) is 0 Å². The van der Waals surface area contributed by atoms with Crippen LogP contribution in [0.25, 0.3) is 16.8 Å². The molecule has 106 valence electrons. The van der Waals surface area contributed by atoms with Gasteiger partial charge in [-0.3, -0.25) is 0 Å². The normalized spacial score (nSPS) is 10.8. The van der Waals surface area contributed by atoms with Crippen molar-refractivity contribution in [2.45, 2.75) is 13.8 Å². The molecule has 1 aromatic carbocycles. The lowest BCUT2D eigenvalue weighted by Gasteiger charge is -2.04. The summed E-state index contributed by atoms with van der Waals surface area (Å²) in [6.07, 6.45) is 0. The van der Waals surface area contributed by atoms with E-state index in [1.807, 2.05) is 55.5 Å². The Labute approximate surface area is 123 Å². The van der Waals surface area contributed by atoms with Crippen molar-refractivity contribution in [1.82, 2.24) is 9.61 Å². The largest absolute Gasteiger partial charge is 0.462 e. The topological polar surface area (TPSA) is 43.6 Å². The third-order valence-electron chi connectivity index (χ3n) is 3.36. The molecule has 0 saturated carbocycles. The smallest absolute Gasteiger partial charge is 0.340 e. The molecule has 3 aromatic rings. The number of rotatable bonds is 3. The van der Waals surface area contributed by atoms with Gasteiger partial charge in [0, 0.05) is 11.3 Å². The average Bonchev–Trinajstić information content (AvgIpc) is 2.85. The van der Waals surface area contributed by atoms with Crippen LogP contribution in [0, 0.1) is 6.92 Å². The van der Waals surface area contributed by atoms with Crippen molar-refractivity contribution < 1.29 is 9.53 Å². The molecule has 4 nitrogen and oxygen atoms in total. The number of carbonyl (C=O) groups excluding carboxylic acids is 1. The van der Waals surface area contributed by atoms with E-state index in [9.17, 15) is 4.79 Å². The highest BCUT2D eigenvalue weighted by molar-refractivity contribution is 5.97. The van der Waals surface area contributed by atoms with E-state index in [0.29, 0.717) is 12.2 Å². The van der Waals surface area contributed by atoms with Crippen LogP contribution in [-0.2, 0) is 4.74 Å². The lowest BCUT2D eigenvalue weighted by molar-refractivity contribution is 0.0528. The molecule has 0 atom stereocenters. The van der Waals surface area contributed by atoms with Crippen molar-refractivity contribution in [3.63, 3.8) is 0 Å². The monoisotopic (exact) mass is 280 g/mol. The number of aryl methyl sites for hydroxylation is 1. The van der Waals surface area contributed by atoms with Crippen LogP contribution in [0.15, 0.2) is 48.5 Å². The summed E-state index contributed by atoms with van der Waals surface area (Å²) in [5.74, 6) is -0.308. The Bertz CT molecular complexity index is 791. The Morgan fingerprint density at radius 2 is 1.95 bits per heavy atom. The third-order valence-corrected chi connectivity index (χ3v) is 3.36. The average molecular weight is 280 g/mol. The molecule has 0 unspecified atom stereocenters. The molecular weight excluding hydrogens is 264 g/mol. The maximum Gasteiger partial charge on any atom is 0.340 e.